The lowest BCUT2D eigenvalue weighted by molar-refractivity contribution is -0.137. The van der Waals surface area contributed by atoms with Gasteiger partial charge >= 0.3 is 12.3 Å². The Bertz CT molecular complexity index is 1160. The highest BCUT2D eigenvalue weighted by Crippen LogP contribution is 2.33. The number of halogens is 3. The number of benzene rings is 1. The highest BCUT2D eigenvalue weighted by Gasteiger charge is 2.31. The van der Waals surface area contributed by atoms with Gasteiger partial charge in [-0.3, -0.25) is 4.98 Å². The van der Waals surface area contributed by atoms with Crippen LogP contribution >= 0.6 is 0 Å². The van der Waals surface area contributed by atoms with E-state index in [1.165, 1.54) is 12.1 Å². The molecule has 2 aromatic heterocycles. The summed E-state index contributed by atoms with van der Waals surface area (Å²) in [5.74, 6) is 0.456. The monoisotopic (exact) mass is 459 g/mol. The molecule has 4 rings (SSSR count). The molecule has 1 aliphatic rings. The number of amides is 1. The van der Waals surface area contributed by atoms with Gasteiger partial charge in [-0.25, -0.2) is 4.79 Å². The lowest BCUT2D eigenvalue weighted by Crippen LogP contribution is -2.36. The van der Waals surface area contributed by atoms with Crippen molar-refractivity contribution < 1.29 is 22.7 Å². The van der Waals surface area contributed by atoms with E-state index in [9.17, 15) is 18.0 Å². The predicted octanol–water partition coefficient (Wildman–Crippen LogP) is 5.13. The SMILES string of the molecule is CC(C)(C)OC(=O)N1CC[C@H](Nc2nnc(-c3ccc(C(F)(F)F)cc3)c3cccnc23)C1. The van der Waals surface area contributed by atoms with E-state index in [-0.39, 0.29) is 12.1 Å². The molecule has 1 aromatic carbocycles. The maximum atomic E-state index is 12.9. The zero-order chi connectivity index (χ0) is 23.8. The minimum absolute atomic E-state index is 0.0612. The smallest absolute Gasteiger partial charge is 0.416 e. The molecule has 1 aliphatic heterocycles. The fourth-order valence-corrected chi connectivity index (χ4v) is 3.68. The van der Waals surface area contributed by atoms with Crippen molar-refractivity contribution in [3.63, 3.8) is 0 Å². The Morgan fingerprint density at radius 3 is 2.52 bits per heavy atom. The van der Waals surface area contributed by atoms with Crippen LogP contribution in [-0.4, -0.2) is 50.9 Å². The molecule has 174 valence electrons. The first-order chi connectivity index (χ1) is 15.5. The van der Waals surface area contributed by atoms with Crippen molar-refractivity contribution in [3.05, 3.63) is 48.2 Å². The first kappa shape index (κ1) is 22.8. The zero-order valence-electron chi connectivity index (χ0n) is 18.5. The summed E-state index contributed by atoms with van der Waals surface area (Å²) < 4.78 is 44.1. The van der Waals surface area contributed by atoms with E-state index in [4.69, 9.17) is 4.74 Å². The molecule has 33 heavy (non-hydrogen) atoms. The summed E-state index contributed by atoms with van der Waals surface area (Å²) in [7, 11) is 0. The number of hydrogen-bond acceptors (Lipinski definition) is 6. The van der Waals surface area contributed by atoms with Gasteiger partial charge in [0.05, 0.1) is 5.56 Å². The van der Waals surface area contributed by atoms with E-state index >= 15 is 0 Å². The molecule has 10 heteroatoms. The van der Waals surface area contributed by atoms with E-state index in [0.29, 0.717) is 47.5 Å². The summed E-state index contributed by atoms with van der Waals surface area (Å²) in [5, 5.41) is 12.5. The van der Waals surface area contributed by atoms with Crippen LogP contribution in [0.15, 0.2) is 42.6 Å². The molecule has 1 atom stereocenters. The van der Waals surface area contributed by atoms with E-state index in [2.05, 4.69) is 20.5 Å². The molecule has 0 saturated carbocycles. The van der Waals surface area contributed by atoms with Gasteiger partial charge in [0.2, 0.25) is 0 Å². The third kappa shape index (κ3) is 5.15. The van der Waals surface area contributed by atoms with Gasteiger partial charge in [0.25, 0.3) is 0 Å². The van der Waals surface area contributed by atoms with Crippen molar-refractivity contribution in [2.75, 3.05) is 18.4 Å². The van der Waals surface area contributed by atoms with Crippen LogP contribution in [0.2, 0.25) is 0 Å². The van der Waals surface area contributed by atoms with Gasteiger partial charge in [0.15, 0.2) is 5.82 Å². The number of likely N-dealkylation sites (tertiary alicyclic amines) is 1. The maximum Gasteiger partial charge on any atom is 0.416 e. The van der Waals surface area contributed by atoms with E-state index < -0.39 is 17.3 Å². The van der Waals surface area contributed by atoms with Crippen LogP contribution in [0.5, 0.6) is 0 Å². The number of hydrogen-bond donors (Lipinski definition) is 1. The van der Waals surface area contributed by atoms with Crippen LogP contribution in [0.25, 0.3) is 22.2 Å². The number of aromatic nitrogens is 3. The number of carbonyl (C=O) groups is 1. The number of pyridine rings is 1. The van der Waals surface area contributed by atoms with Gasteiger partial charge in [-0.05, 0) is 51.5 Å². The topological polar surface area (TPSA) is 80.2 Å². The highest BCUT2D eigenvalue weighted by atomic mass is 19.4. The van der Waals surface area contributed by atoms with E-state index in [1.54, 1.807) is 23.2 Å². The van der Waals surface area contributed by atoms with E-state index in [0.717, 1.165) is 12.1 Å². The van der Waals surface area contributed by atoms with Crippen molar-refractivity contribution in [2.24, 2.45) is 0 Å². The Morgan fingerprint density at radius 1 is 1.12 bits per heavy atom. The Hall–Kier alpha value is -3.43. The van der Waals surface area contributed by atoms with Crippen molar-refractivity contribution in [1.82, 2.24) is 20.1 Å². The summed E-state index contributed by atoms with van der Waals surface area (Å²) in [6, 6.07) is 8.28. The minimum atomic E-state index is -4.41. The van der Waals surface area contributed by atoms with Gasteiger partial charge in [-0.1, -0.05) is 12.1 Å². The second-order valence-corrected chi connectivity index (χ2v) is 8.93. The van der Waals surface area contributed by atoms with Gasteiger partial charge in [-0.2, -0.15) is 13.2 Å². The number of nitrogens with one attached hydrogen (secondary N) is 1. The Labute approximate surface area is 189 Å². The van der Waals surface area contributed by atoms with Crippen molar-refractivity contribution in [3.8, 4) is 11.3 Å². The van der Waals surface area contributed by atoms with Crippen LogP contribution in [0.1, 0.15) is 32.8 Å². The number of fused-ring (bicyclic) bond motifs is 1. The summed E-state index contributed by atoms with van der Waals surface area (Å²) in [4.78, 5) is 18.4. The maximum absolute atomic E-state index is 12.9. The minimum Gasteiger partial charge on any atom is -0.444 e. The molecule has 7 nitrogen and oxygen atoms in total. The van der Waals surface area contributed by atoms with Gasteiger partial charge in [-0.15, -0.1) is 10.2 Å². The standard InChI is InChI=1S/C23H24F3N5O2/c1-22(2,3)33-21(32)31-12-10-16(13-31)28-20-19-17(5-4-11-27-19)18(29-30-20)14-6-8-15(9-7-14)23(24,25)26/h4-9,11,16H,10,12-13H2,1-3H3,(H,28,30)/t16-/m0/s1. The number of rotatable bonds is 3. The molecular formula is C23H24F3N5O2. The molecule has 1 fully saturated rings. The highest BCUT2D eigenvalue weighted by molar-refractivity contribution is 5.97. The molecule has 0 radical (unpaired) electrons. The van der Waals surface area contributed by atoms with Crippen LogP contribution in [0.3, 0.4) is 0 Å². The lowest BCUT2D eigenvalue weighted by Gasteiger charge is -2.24. The number of ether oxygens (including phenoxy) is 1. The number of alkyl halides is 3. The van der Waals surface area contributed by atoms with Gasteiger partial charge < -0.3 is 15.0 Å². The Balaban J connectivity index is 1.56. The fourth-order valence-electron chi connectivity index (χ4n) is 3.68. The molecule has 0 unspecified atom stereocenters. The number of carbonyl (C=O) groups excluding carboxylic acids is 1. The fraction of sp³-hybridized carbons (Fsp3) is 0.391. The molecule has 1 amide bonds. The van der Waals surface area contributed by atoms with Crippen molar-refractivity contribution in [1.29, 1.82) is 0 Å². The summed E-state index contributed by atoms with van der Waals surface area (Å²) in [6.45, 7) is 6.47. The molecular weight excluding hydrogens is 435 g/mol. The molecule has 1 saturated heterocycles. The normalized spacial score (nSPS) is 16.8. The van der Waals surface area contributed by atoms with E-state index in [1.807, 2.05) is 20.8 Å². The molecule has 3 aromatic rings. The third-order valence-corrected chi connectivity index (χ3v) is 5.20. The second kappa shape index (κ2) is 8.49. The second-order valence-electron chi connectivity index (χ2n) is 8.93. The van der Waals surface area contributed by atoms with Crippen molar-refractivity contribution >= 4 is 22.8 Å². The first-order valence-corrected chi connectivity index (χ1v) is 10.5. The zero-order valence-corrected chi connectivity index (χ0v) is 18.5. The van der Waals surface area contributed by atoms with Crippen LogP contribution < -0.4 is 5.32 Å². The number of anilines is 1. The predicted molar refractivity (Wildman–Crippen MR) is 118 cm³/mol. The Kier molecular flexibility index (Phi) is 5.85. The summed E-state index contributed by atoms with van der Waals surface area (Å²) in [6.07, 6.45) is -2.45. The van der Waals surface area contributed by atoms with Gasteiger partial charge in [0, 0.05) is 36.3 Å². The molecule has 1 N–H and O–H groups in total. The average molecular weight is 459 g/mol. The van der Waals surface area contributed by atoms with Gasteiger partial charge in [0.1, 0.15) is 16.8 Å². The molecule has 0 spiro atoms. The number of nitrogens with zero attached hydrogens (tertiary/aromatic N) is 4. The molecule has 3 heterocycles. The first-order valence-electron chi connectivity index (χ1n) is 10.5. The largest absolute Gasteiger partial charge is 0.444 e. The molecule has 0 bridgehead atoms. The lowest BCUT2D eigenvalue weighted by atomic mass is 10.1. The molecule has 0 aliphatic carbocycles. The summed E-state index contributed by atoms with van der Waals surface area (Å²) >= 11 is 0. The third-order valence-electron chi connectivity index (χ3n) is 5.20. The van der Waals surface area contributed by atoms with Crippen LogP contribution in [-0.2, 0) is 10.9 Å². The average Bonchev–Trinajstić information content (AvgIpc) is 3.21. The summed E-state index contributed by atoms with van der Waals surface area (Å²) in [5.41, 5.74) is 0.215. The quantitative estimate of drug-likeness (QED) is 0.585. The Morgan fingerprint density at radius 2 is 1.85 bits per heavy atom. The van der Waals surface area contributed by atoms with Crippen molar-refractivity contribution in [2.45, 2.75) is 45.0 Å². The van der Waals surface area contributed by atoms with Crippen LogP contribution in [0, 0.1) is 0 Å². The van der Waals surface area contributed by atoms with Crippen LogP contribution in [0.4, 0.5) is 23.8 Å².